The van der Waals surface area contributed by atoms with Gasteiger partial charge in [-0.1, -0.05) is 35.9 Å². The van der Waals surface area contributed by atoms with Gasteiger partial charge >= 0.3 is 0 Å². The van der Waals surface area contributed by atoms with Crippen LogP contribution in [0.5, 0.6) is 5.75 Å². The van der Waals surface area contributed by atoms with Crippen molar-refractivity contribution >= 4 is 11.6 Å². The van der Waals surface area contributed by atoms with Crippen molar-refractivity contribution < 1.29 is 5.11 Å². The molecule has 1 unspecified atom stereocenters. The first kappa shape index (κ1) is 16.2. The fourth-order valence-electron chi connectivity index (χ4n) is 3.71. The number of aromatic nitrogens is 1. The van der Waals surface area contributed by atoms with Gasteiger partial charge in [-0.05, 0) is 53.9 Å². The van der Waals surface area contributed by atoms with E-state index in [0.29, 0.717) is 5.75 Å². The maximum absolute atomic E-state index is 9.98. The third-order valence-corrected chi connectivity index (χ3v) is 5.09. The molecule has 3 nitrogen and oxygen atoms in total. The molecule has 1 aliphatic heterocycles. The molecule has 3 aromatic rings. The molecule has 4 rings (SSSR count). The number of phenols is 1. The summed E-state index contributed by atoms with van der Waals surface area (Å²) in [5, 5.41) is 10.7. The zero-order chi connectivity index (χ0) is 17.2. The van der Waals surface area contributed by atoms with Crippen LogP contribution in [-0.2, 0) is 13.1 Å². The standard InChI is InChI=1S/C21H21ClN2O/c22-18-9-7-16(8-10-18)15-24-13-3-12-23-11-2-6-20(23)21(24)17-4-1-5-19(25)14-17/h1-2,4-11,14,21,25H,3,12-13,15H2. The fourth-order valence-corrected chi connectivity index (χ4v) is 3.84. The van der Waals surface area contributed by atoms with Gasteiger partial charge in [0.05, 0.1) is 6.04 Å². The van der Waals surface area contributed by atoms with Gasteiger partial charge in [-0.15, -0.1) is 0 Å². The minimum absolute atomic E-state index is 0.125. The van der Waals surface area contributed by atoms with Gasteiger partial charge < -0.3 is 9.67 Å². The summed E-state index contributed by atoms with van der Waals surface area (Å²) < 4.78 is 2.33. The number of benzene rings is 2. The molecule has 0 bridgehead atoms. The lowest BCUT2D eigenvalue weighted by Crippen LogP contribution is -2.29. The van der Waals surface area contributed by atoms with Crippen molar-refractivity contribution in [3.8, 4) is 5.75 Å². The van der Waals surface area contributed by atoms with Crippen LogP contribution in [0.1, 0.15) is 29.3 Å². The molecule has 0 saturated heterocycles. The zero-order valence-corrected chi connectivity index (χ0v) is 14.7. The number of hydrogen-bond donors (Lipinski definition) is 1. The molecule has 25 heavy (non-hydrogen) atoms. The Kier molecular flexibility index (Phi) is 4.51. The summed E-state index contributed by atoms with van der Waals surface area (Å²) in [6.07, 6.45) is 3.25. The molecule has 1 aromatic heterocycles. The van der Waals surface area contributed by atoms with Crippen LogP contribution < -0.4 is 0 Å². The fraction of sp³-hybridized carbons (Fsp3) is 0.238. The molecule has 2 aromatic carbocycles. The second-order valence-corrected chi connectivity index (χ2v) is 7.01. The highest BCUT2D eigenvalue weighted by Gasteiger charge is 2.27. The molecule has 0 aliphatic carbocycles. The number of phenolic OH excluding ortho intramolecular Hbond substituents is 1. The molecule has 1 aliphatic rings. The maximum atomic E-state index is 9.98. The molecule has 0 spiro atoms. The topological polar surface area (TPSA) is 28.4 Å². The van der Waals surface area contributed by atoms with Crippen molar-refractivity contribution in [1.29, 1.82) is 0 Å². The van der Waals surface area contributed by atoms with E-state index in [1.807, 2.05) is 24.3 Å². The smallest absolute Gasteiger partial charge is 0.115 e. The summed E-state index contributed by atoms with van der Waals surface area (Å²) in [6, 6.07) is 20.1. The first-order valence-electron chi connectivity index (χ1n) is 8.63. The Morgan fingerprint density at radius 3 is 2.64 bits per heavy atom. The van der Waals surface area contributed by atoms with Crippen LogP contribution in [0.2, 0.25) is 5.02 Å². The van der Waals surface area contributed by atoms with Crippen molar-refractivity contribution in [2.75, 3.05) is 6.54 Å². The monoisotopic (exact) mass is 352 g/mol. The minimum Gasteiger partial charge on any atom is -0.508 e. The van der Waals surface area contributed by atoms with E-state index in [1.165, 1.54) is 11.3 Å². The van der Waals surface area contributed by atoms with Crippen LogP contribution in [0.15, 0.2) is 66.9 Å². The highest BCUT2D eigenvalue weighted by atomic mass is 35.5. The van der Waals surface area contributed by atoms with Gasteiger partial charge in [-0.3, -0.25) is 4.90 Å². The normalized spacial score (nSPS) is 17.9. The molecule has 128 valence electrons. The molecule has 4 heteroatoms. The van der Waals surface area contributed by atoms with Gasteiger partial charge in [0.15, 0.2) is 0 Å². The van der Waals surface area contributed by atoms with E-state index in [0.717, 1.165) is 36.6 Å². The Hall–Kier alpha value is -2.23. The summed E-state index contributed by atoms with van der Waals surface area (Å²) in [6.45, 7) is 2.88. The van der Waals surface area contributed by atoms with Gasteiger partial charge in [-0.25, -0.2) is 0 Å². The molecule has 0 radical (unpaired) electrons. The highest BCUT2D eigenvalue weighted by Crippen LogP contribution is 2.34. The summed E-state index contributed by atoms with van der Waals surface area (Å²) >= 11 is 6.03. The Morgan fingerprint density at radius 1 is 1.00 bits per heavy atom. The lowest BCUT2D eigenvalue weighted by Gasteiger charge is -2.30. The maximum Gasteiger partial charge on any atom is 0.115 e. The molecule has 1 atom stereocenters. The number of rotatable bonds is 3. The predicted molar refractivity (Wildman–Crippen MR) is 101 cm³/mol. The number of halogens is 1. The minimum atomic E-state index is 0.125. The largest absolute Gasteiger partial charge is 0.508 e. The zero-order valence-electron chi connectivity index (χ0n) is 14.0. The number of aryl methyl sites for hydroxylation is 1. The summed E-state index contributed by atoms with van der Waals surface area (Å²) in [5.41, 5.74) is 3.64. The van der Waals surface area contributed by atoms with E-state index in [4.69, 9.17) is 11.6 Å². The van der Waals surface area contributed by atoms with E-state index >= 15 is 0 Å². The van der Waals surface area contributed by atoms with Gasteiger partial charge in [0.2, 0.25) is 0 Å². The van der Waals surface area contributed by atoms with Gasteiger partial charge in [-0.2, -0.15) is 0 Å². The van der Waals surface area contributed by atoms with Gasteiger partial charge in [0.25, 0.3) is 0 Å². The lowest BCUT2D eigenvalue weighted by molar-refractivity contribution is 0.220. The van der Waals surface area contributed by atoms with Crippen LogP contribution in [0.4, 0.5) is 0 Å². The molecule has 1 N–H and O–H groups in total. The number of aromatic hydroxyl groups is 1. The van der Waals surface area contributed by atoms with Crippen molar-refractivity contribution in [3.05, 3.63) is 88.7 Å². The van der Waals surface area contributed by atoms with E-state index < -0.39 is 0 Å². The number of hydrogen-bond acceptors (Lipinski definition) is 2. The summed E-state index contributed by atoms with van der Waals surface area (Å²) in [4.78, 5) is 2.48. The lowest BCUT2D eigenvalue weighted by atomic mass is 10.0. The van der Waals surface area contributed by atoms with Crippen molar-refractivity contribution in [2.45, 2.75) is 25.6 Å². The summed E-state index contributed by atoms with van der Waals surface area (Å²) in [5.74, 6) is 0.311. The van der Waals surface area contributed by atoms with Crippen molar-refractivity contribution in [1.82, 2.24) is 9.47 Å². The van der Waals surface area contributed by atoms with Crippen LogP contribution in [0.3, 0.4) is 0 Å². The third kappa shape index (κ3) is 3.44. The highest BCUT2D eigenvalue weighted by molar-refractivity contribution is 6.30. The first-order chi connectivity index (χ1) is 12.2. The Balaban J connectivity index is 1.74. The molecular formula is C21H21ClN2O. The van der Waals surface area contributed by atoms with E-state index in [-0.39, 0.29) is 6.04 Å². The molecule has 0 fully saturated rings. The predicted octanol–water partition coefficient (Wildman–Crippen LogP) is 4.84. The first-order valence-corrected chi connectivity index (χ1v) is 9.01. The van der Waals surface area contributed by atoms with Gasteiger partial charge in [0.1, 0.15) is 5.75 Å². The quantitative estimate of drug-likeness (QED) is 0.730. The third-order valence-electron chi connectivity index (χ3n) is 4.84. The average Bonchev–Trinajstić information content (AvgIpc) is 2.98. The van der Waals surface area contributed by atoms with Crippen molar-refractivity contribution in [2.24, 2.45) is 0 Å². The van der Waals surface area contributed by atoms with E-state index in [2.05, 4.69) is 46.0 Å². The van der Waals surface area contributed by atoms with Gasteiger partial charge in [0, 0.05) is 36.5 Å². The molecule has 2 heterocycles. The second kappa shape index (κ2) is 6.95. The molecular weight excluding hydrogens is 332 g/mol. The Bertz CT molecular complexity index is 856. The number of nitrogens with zero attached hydrogens (tertiary/aromatic N) is 2. The summed E-state index contributed by atoms with van der Waals surface area (Å²) in [7, 11) is 0. The Morgan fingerprint density at radius 2 is 1.84 bits per heavy atom. The second-order valence-electron chi connectivity index (χ2n) is 6.57. The SMILES string of the molecule is Oc1cccc(C2c3cccn3CCCN2Cc2ccc(Cl)cc2)c1. The van der Waals surface area contributed by atoms with E-state index in [9.17, 15) is 5.11 Å². The molecule has 0 saturated carbocycles. The average molecular weight is 353 g/mol. The van der Waals surface area contributed by atoms with E-state index in [1.54, 1.807) is 6.07 Å². The van der Waals surface area contributed by atoms with Crippen LogP contribution in [0.25, 0.3) is 0 Å². The number of fused-ring (bicyclic) bond motifs is 1. The van der Waals surface area contributed by atoms with Crippen LogP contribution >= 0.6 is 11.6 Å². The van der Waals surface area contributed by atoms with Crippen LogP contribution in [0, 0.1) is 0 Å². The Labute approximate surface area is 153 Å². The molecule has 0 amide bonds. The van der Waals surface area contributed by atoms with Crippen molar-refractivity contribution in [3.63, 3.8) is 0 Å². The van der Waals surface area contributed by atoms with Crippen LogP contribution in [-0.4, -0.2) is 21.1 Å².